The third kappa shape index (κ3) is 4.28. The molecular formula is C31H28NO3S-. The van der Waals surface area contributed by atoms with Gasteiger partial charge in [0.15, 0.2) is 0 Å². The first-order valence-electron chi connectivity index (χ1n) is 12.6. The summed E-state index contributed by atoms with van der Waals surface area (Å²) in [6.45, 7) is 0.895. The molecule has 0 bridgehead atoms. The number of hydrogen-bond donors (Lipinski definition) is 0. The quantitative estimate of drug-likeness (QED) is 0.136. The normalized spacial score (nSPS) is 16.3. The molecule has 6 rings (SSSR count). The van der Waals surface area contributed by atoms with Crippen molar-refractivity contribution >= 4 is 49.4 Å². The average Bonchev–Trinajstić information content (AvgIpc) is 2.92. The van der Waals surface area contributed by atoms with Crippen molar-refractivity contribution in [2.45, 2.75) is 31.7 Å². The Bertz CT molecular complexity index is 1580. The van der Waals surface area contributed by atoms with Crippen LogP contribution in [0.3, 0.4) is 0 Å². The van der Waals surface area contributed by atoms with E-state index in [9.17, 15) is 8.76 Å². The van der Waals surface area contributed by atoms with Crippen LogP contribution in [0.2, 0.25) is 0 Å². The van der Waals surface area contributed by atoms with Crippen molar-refractivity contribution in [3.63, 3.8) is 0 Å². The van der Waals surface area contributed by atoms with Crippen molar-refractivity contribution in [2.24, 2.45) is 0 Å². The molecule has 5 aromatic carbocycles. The Morgan fingerprint density at radius 1 is 0.806 bits per heavy atom. The van der Waals surface area contributed by atoms with Crippen LogP contribution in [0.15, 0.2) is 91.0 Å². The molecule has 36 heavy (non-hydrogen) atoms. The van der Waals surface area contributed by atoms with Crippen molar-refractivity contribution in [2.75, 3.05) is 18.1 Å². The smallest absolute Gasteiger partial charge is 0.0842 e. The van der Waals surface area contributed by atoms with Crippen LogP contribution in [0.4, 0.5) is 5.69 Å². The van der Waals surface area contributed by atoms with E-state index in [0.717, 1.165) is 19.3 Å². The standard InChI is InChI=1S/C31H29NO3S/c33-36(34)35-21-7-20-32(30-14-5-10-22-8-2-4-12-25(22)30)31-15-6-13-26-28-17-16-23-9-1-3-11-24(23)27(28)18-19-29(26)31/h1-5,8-12,14,16-19,31H,6-7,13,15,20-21H2,(H,33,34)/p-1. The topological polar surface area (TPSA) is 52.6 Å². The summed E-state index contributed by atoms with van der Waals surface area (Å²) in [7, 11) is 0. The fraction of sp³-hybridized carbons (Fsp3) is 0.226. The summed E-state index contributed by atoms with van der Waals surface area (Å²) >= 11 is -2.48. The van der Waals surface area contributed by atoms with Crippen LogP contribution in [0.1, 0.15) is 36.4 Å². The Labute approximate surface area is 214 Å². The van der Waals surface area contributed by atoms with E-state index in [0.29, 0.717) is 13.0 Å². The molecule has 182 valence electrons. The second kappa shape index (κ2) is 10.0. The Morgan fingerprint density at radius 2 is 1.53 bits per heavy atom. The van der Waals surface area contributed by atoms with Crippen molar-refractivity contribution in [3.8, 4) is 0 Å². The van der Waals surface area contributed by atoms with Crippen molar-refractivity contribution < 1.29 is 12.9 Å². The third-order valence-electron chi connectivity index (χ3n) is 7.51. The van der Waals surface area contributed by atoms with Crippen LogP contribution >= 0.6 is 0 Å². The van der Waals surface area contributed by atoms with Gasteiger partial charge in [0, 0.05) is 17.6 Å². The SMILES string of the molecule is O=S([O-])OCCCN(c1cccc2ccccc12)C1CCCc2c1ccc1c2ccc2ccccc21. The molecule has 1 aliphatic carbocycles. The number of hydrogen-bond acceptors (Lipinski definition) is 4. The number of benzene rings is 5. The van der Waals surface area contributed by atoms with E-state index in [4.69, 9.17) is 4.18 Å². The Hall–Kier alpha value is -3.25. The Kier molecular flexibility index (Phi) is 6.45. The predicted octanol–water partition coefficient (Wildman–Crippen LogP) is 7.23. The fourth-order valence-corrected chi connectivity index (χ4v) is 6.23. The Morgan fingerprint density at radius 3 is 2.36 bits per heavy atom. The molecule has 0 saturated heterocycles. The summed E-state index contributed by atoms with van der Waals surface area (Å²) in [5.74, 6) is 0. The highest BCUT2D eigenvalue weighted by Gasteiger charge is 2.28. The summed E-state index contributed by atoms with van der Waals surface area (Å²) in [6, 6.07) is 32.9. The lowest BCUT2D eigenvalue weighted by atomic mass is 9.82. The van der Waals surface area contributed by atoms with E-state index >= 15 is 0 Å². The highest BCUT2D eigenvalue weighted by molar-refractivity contribution is 7.74. The second-order valence-corrected chi connectivity index (χ2v) is 10.1. The zero-order chi connectivity index (χ0) is 24.5. The molecule has 0 aliphatic heterocycles. The van der Waals surface area contributed by atoms with Gasteiger partial charge >= 0.3 is 0 Å². The van der Waals surface area contributed by atoms with Crippen molar-refractivity contribution in [3.05, 3.63) is 102 Å². The monoisotopic (exact) mass is 494 g/mol. The molecule has 0 fully saturated rings. The first-order chi connectivity index (χ1) is 17.7. The van der Waals surface area contributed by atoms with Gasteiger partial charge in [-0.15, -0.1) is 0 Å². The second-order valence-electron chi connectivity index (χ2n) is 9.49. The minimum atomic E-state index is -2.48. The molecule has 0 radical (unpaired) electrons. The number of anilines is 1. The van der Waals surface area contributed by atoms with E-state index in [-0.39, 0.29) is 12.6 Å². The molecule has 0 spiro atoms. The molecule has 0 saturated carbocycles. The molecule has 1 aliphatic rings. The van der Waals surface area contributed by atoms with Gasteiger partial charge in [0.25, 0.3) is 0 Å². The molecule has 2 unspecified atom stereocenters. The molecule has 0 aromatic heterocycles. The predicted molar refractivity (Wildman–Crippen MR) is 148 cm³/mol. The maximum atomic E-state index is 10.9. The van der Waals surface area contributed by atoms with E-state index in [2.05, 4.69) is 95.9 Å². The largest absolute Gasteiger partial charge is 0.750 e. The highest BCUT2D eigenvalue weighted by atomic mass is 32.2. The van der Waals surface area contributed by atoms with Gasteiger partial charge in [-0.05, 0) is 69.8 Å². The maximum absolute atomic E-state index is 10.9. The van der Waals surface area contributed by atoms with Crippen LogP contribution in [0.5, 0.6) is 0 Å². The lowest BCUT2D eigenvalue weighted by molar-refractivity contribution is 0.294. The minimum absolute atomic E-state index is 0.181. The zero-order valence-electron chi connectivity index (χ0n) is 20.1. The zero-order valence-corrected chi connectivity index (χ0v) is 20.9. The summed E-state index contributed by atoms with van der Waals surface area (Å²) < 4.78 is 26.7. The van der Waals surface area contributed by atoms with Gasteiger partial charge in [-0.2, -0.15) is 0 Å². The number of nitrogens with zero attached hydrogens (tertiary/aromatic N) is 1. The molecule has 5 heteroatoms. The third-order valence-corrected chi connectivity index (χ3v) is 7.87. The molecule has 0 amide bonds. The van der Waals surface area contributed by atoms with Gasteiger partial charge in [-0.25, -0.2) is 4.21 Å². The van der Waals surface area contributed by atoms with E-state index in [1.165, 1.54) is 49.1 Å². The van der Waals surface area contributed by atoms with Gasteiger partial charge in [0.2, 0.25) is 0 Å². The molecule has 4 nitrogen and oxygen atoms in total. The first-order valence-corrected chi connectivity index (χ1v) is 13.6. The number of rotatable bonds is 7. The fourth-order valence-electron chi connectivity index (χ4n) is 5.97. The summed E-state index contributed by atoms with van der Waals surface area (Å²) in [4.78, 5) is 2.48. The first kappa shape index (κ1) is 23.2. The molecule has 0 heterocycles. The average molecular weight is 495 g/mol. The maximum Gasteiger partial charge on any atom is 0.0842 e. The lowest BCUT2D eigenvalue weighted by Gasteiger charge is -2.39. The van der Waals surface area contributed by atoms with E-state index in [1.807, 2.05) is 0 Å². The summed E-state index contributed by atoms with van der Waals surface area (Å²) in [5, 5.41) is 7.65. The van der Waals surface area contributed by atoms with Gasteiger partial charge in [-0.1, -0.05) is 84.9 Å². The van der Waals surface area contributed by atoms with Crippen LogP contribution < -0.4 is 4.90 Å². The van der Waals surface area contributed by atoms with Crippen LogP contribution in [0.25, 0.3) is 32.3 Å². The number of aryl methyl sites for hydroxylation is 1. The molecular weight excluding hydrogens is 466 g/mol. The van der Waals surface area contributed by atoms with E-state index < -0.39 is 11.4 Å². The minimum Gasteiger partial charge on any atom is -0.750 e. The van der Waals surface area contributed by atoms with Gasteiger partial charge in [-0.3, -0.25) is 0 Å². The van der Waals surface area contributed by atoms with Crippen molar-refractivity contribution in [1.29, 1.82) is 0 Å². The van der Waals surface area contributed by atoms with E-state index in [1.54, 1.807) is 0 Å². The van der Waals surface area contributed by atoms with Gasteiger partial charge in [0.05, 0.1) is 24.0 Å². The van der Waals surface area contributed by atoms with Crippen LogP contribution in [-0.2, 0) is 22.0 Å². The summed E-state index contributed by atoms with van der Waals surface area (Å²) in [6.07, 6.45) is 3.88. The number of fused-ring (bicyclic) bond motifs is 6. The molecule has 5 aromatic rings. The van der Waals surface area contributed by atoms with Crippen molar-refractivity contribution in [1.82, 2.24) is 0 Å². The molecule has 2 atom stereocenters. The van der Waals surface area contributed by atoms with Gasteiger partial charge in [0.1, 0.15) is 0 Å². The lowest BCUT2D eigenvalue weighted by Crippen LogP contribution is -2.33. The van der Waals surface area contributed by atoms with Crippen LogP contribution in [-0.4, -0.2) is 21.9 Å². The Balaban J connectivity index is 1.46. The van der Waals surface area contributed by atoms with Crippen LogP contribution in [0, 0.1) is 0 Å². The highest BCUT2D eigenvalue weighted by Crippen LogP contribution is 2.42. The summed E-state index contributed by atoms with van der Waals surface area (Å²) in [5.41, 5.74) is 4.01. The molecule has 0 N–H and O–H groups in total. The van der Waals surface area contributed by atoms with Gasteiger partial charge < -0.3 is 13.6 Å².